The summed E-state index contributed by atoms with van der Waals surface area (Å²) in [6, 6.07) is -0.483. The van der Waals surface area contributed by atoms with Crippen molar-refractivity contribution >= 4 is 17.9 Å². The lowest BCUT2D eigenvalue weighted by Crippen LogP contribution is -2.29. The number of carbonyl (C=O) groups is 3. The highest BCUT2D eigenvalue weighted by atomic mass is 16.4. The Morgan fingerprint density at radius 3 is 2.67 bits per heavy atom. The molecule has 1 heterocycles. The molecule has 0 fully saturated rings. The molecule has 5 N–H and O–H groups in total. The van der Waals surface area contributed by atoms with Crippen LogP contribution in [0.4, 0.5) is 4.79 Å². The van der Waals surface area contributed by atoms with Crippen molar-refractivity contribution in [3.63, 3.8) is 0 Å². The van der Waals surface area contributed by atoms with E-state index in [2.05, 4.69) is 20.8 Å². The van der Waals surface area contributed by atoms with Gasteiger partial charge in [0.15, 0.2) is 0 Å². The number of aromatic nitrogens is 2. The third-order valence-electron chi connectivity index (χ3n) is 3.11. The van der Waals surface area contributed by atoms with E-state index in [9.17, 15) is 14.4 Å². The number of amides is 3. The van der Waals surface area contributed by atoms with Crippen molar-refractivity contribution in [1.29, 1.82) is 0 Å². The molecule has 0 saturated heterocycles. The average molecular weight is 341 g/mol. The molecule has 0 saturated carbocycles. The third-order valence-corrected chi connectivity index (χ3v) is 3.11. The Labute approximate surface area is 139 Å². The van der Waals surface area contributed by atoms with E-state index >= 15 is 0 Å². The van der Waals surface area contributed by atoms with Crippen LogP contribution >= 0.6 is 0 Å². The molecular weight excluding hydrogens is 318 g/mol. The van der Waals surface area contributed by atoms with E-state index in [-0.39, 0.29) is 24.1 Å². The highest BCUT2D eigenvalue weighted by Gasteiger charge is 2.21. The van der Waals surface area contributed by atoms with Crippen LogP contribution in [0.3, 0.4) is 0 Å². The standard InChI is InChI=1S/C14H23N5O5/c1-2-5-11(21)17-9(6-3-4-7-16-14(22)23)13-19-18-12(24-13)8-10(15)20/h9,16H,2-8H2,1H3,(H2,15,20)(H,17,21)(H,22,23)/t9-/m0/s1. The van der Waals surface area contributed by atoms with Crippen LogP contribution in [0.5, 0.6) is 0 Å². The minimum Gasteiger partial charge on any atom is -0.465 e. The van der Waals surface area contributed by atoms with Gasteiger partial charge in [-0.05, 0) is 25.7 Å². The highest BCUT2D eigenvalue weighted by molar-refractivity contribution is 5.76. The zero-order valence-corrected chi connectivity index (χ0v) is 13.6. The summed E-state index contributed by atoms with van der Waals surface area (Å²) in [7, 11) is 0. The molecule has 0 unspecified atom stereocenters. The summed E-state index contributed by atoms with van der Waals surface area (Å²) < 4.78 is 5.38. The van der Waals surface area contributed by atoms with E-state index in [1.807, 2.05) is 6.92 Å². The number of carboxylic acid groups (broad SMARTS) is 1. The predicted octanol–water partition coefficient (Wildman–Crippen LogP) is 0.493. The second-order valence-electron chi connectivity index (χ2n) is 5.27. The number of nitrogens with zero attached hydrogens (tertiary/aromatic N) is 2. The van der Waals surface area contributed by atoms with E-state index in [4.69, 9.17) is 15.3 Å². The lowest BCUT2D eigenvalue weighted by atomic mass is 10.1. The average Bonchev–Trinajstić information content (AvgIpc) is 2.93. The van der Waals surface area contributed by atoms with Crippen LogP contribution in [0.1, 0.15) is 56.9 Å². The Morgan fingerprint density at radius 1 is 1.29 bits per heavy atom. The summed E-state index contributed by atoms with van der Waals surface area (Å²) in [6.07, 6.45) is 1.60. The van der Waals surface area contributed by atoms with Crippen LogP contribution in [0, 0.1) is 0 Å². The summed E-state index contributed by atoms with van der Waals surface area (Å²) in [5, 5.41) is 21.2. The molecule has 10 heteroatoms. The maximum absolute atomic E-state index is 11.8. The molecule has 0 bridgehead atoms. The second kappa shape index (κ2) is 10.2. The summed E-state index contributed by atoms with van der Waals surface area (Å²) in [5.74, 6) is -0.418. The van der Waals surface area contributed by atoms with Crippen LogP contribution in [0.2, 0.25) is 0 Å². The fourth-order valence-electron chi connectivity index (χ4n) is 2.05. The molecule has 10 nitrogen and oxygen atoms in total. The van der Waals surface area contributed by atoms with E-state index in [1.54, 1.807) is 0 Å². The molecule has 24 heavy (non-hydrogen) atoms. The van der Waals surface area contributed by atoms with Crippen LogP contribution in [0.15, 0.2) is 4.42 Å². The molecular formula is C14H23N5O5. The van der Waals surface area contributed by atoms with Gasteiger partial charge in [-0.2, -0.15) is 0 Å². The van der Waals surface area contributed by atoms with Crippen LogP contribution < -0.4 is 16.4 Å². The number of hydrogen-bond donors (Lipinski definition) is 4. The minimum absolute atomic E-state index is 0.0970. The molecule has 1 aromatic rings. The number of primary amides is 1. The van der Waals surface area contributed by atoms with E-state index in [0.29, 0.717) is 38.6 Å². The normalized spacial score (nSPS) is 11.7. The summed E-state index contributed by atoms with van der Waals surface area (Å²) in [4.78, 5) is 33.1. The van der Waals surface area contributed by atoms with Gasteiger partial charge in [-0.15, -0.1) is 10.2 Å². The van der Waals surface area contributed by atoms with Crippen LogP contribution in [0.25, 0.3) is 0 Å². The molecule has 0 aliphatic rings. The van der Waals surface area contributed by atoms with Gasteiger partial charge in [-0.25, -0.2) is 4.79 Å². The first-order chi connectivity index (χ1) is 11.4. The van der Waals surface area contributed by atoms with Gasteiger partial charge in [0.2, 0.25) is 23.6 Å². The van der Waals surface area contributed by atoms with Gasteiger partial charge >= 0.3 is 6.09 Å². The van der Waals surface area contributed by atoms with Crippen molar-refractivity contribution in [1.82, 2.24) is 20.8 Å². The Hall–Kier alpha value is -2.65. The largest absolute Gasteiger partial charge is 0.465 e. The number of nitrogens with two attached hydrogens (primary N) is 1. The second-order valence-corrected chi connectivity index (χ2v) is 5.27. The van der Waals surface area contributed by atoms with Gasteiger partial charge in [0.05, 0.1) is 0 Å². The molecule has 0 aromatic carbocycles. The van der Waals surface area contributed by atoms with Crippen molar-refractivity contribution in [2.75, 3.05) is 6.54 Å². The fourth-order valence-corrected chi connectivity index (χ4v) is 2.05. The van der Waals surface area contributed by atoms with Gasteiger partial charge in [-0.1, -0.05) is 6.92 Å². The SMILES string of the molecule is CCCC(=O)N[C@@H](CCCCNC(=O)O)c1nnc(CC(N)=O)o1. The summed E-state index contributed by atoms with van der Waals surface area (Å²) >= 11 is 0. The number of unbranched alkanes of at least 4 members (excludes halogenated alkanes) is 1. The van der Waals surface area contributed by atoms with Gasteiger partial charge < -0.3 is 25.9 Å². The fraction of sp³-hybridized carbons (Fsp3) is 0.643. The Bertz CT molecular complexity index is 560. The first kappa shape index (κ1) is 19.4. The van der Waals surface area contributed by atoms with Crippen molar-refractivity contribution in [3.8, 4) is 0 Å². The smallest absolute Gasteiger partial charge is 0.404 e. The molecule has 0 aliphatic heterocycles. The van der Waals surface area contributed by atoms with E-state index in [0.717, 1.165) is 0 Å². The molecule has 0 aliphatic carbocycles. The zero-order valence-electron chi connectivity index (χ0n) is 13.6. The Kier molecular flexibility index (Phi) is 8.23. The van der Waals surface area contributed by atoms with Crippen molar-refractivity contribution in [3.05, 3.63) is 11.8 Å². The van der Waals surface area contributed by atoms with Crippen LogP contribution in [-0.2, 0) is 16.0 Å². The molecule has 1 rings (SSSR count). The molecule has 1 atom stereocenters. The lowest BCUT2D eigenvalue weighted by Gasteiger charge is -2.15. The number of carbonyl (C=O) groups excluding carboxylic acids is 2. The Balaban J connectivity index is 2.62. The maximum atomic E-state index is 11.8. The zero-order chi connectivity index (χ0) is 17.9. The molecule has 134 valence electrons. The topological polar surface area (TPSA) is 160 Å². The molecule has 3 amide bonds. The Morgan fingerprint density at radius 2 is 2.04 bits per heavy atom. The first-order valence-corrected chi connectivity index (χ1v) is 7.79. The highest BCUT2D eigenvalue weighted by Crippen LogP contribution is 2.19. The first-order valence-electron chi connectivity index (χ1n) is 7.79. The number of hydrogen-bond acceptors (Lipinski definition) is 6. The van der Waals surface area contributed by atoms with Gasteiger partial charge in [0.25, 0.3) is 0 Å². The summed E-state index contributed by atoms with van der Waals surface area (Å²) in [5.41, 5.74) is 5.08. The monoisotopic (exact) mass is 341 g/mol. The number of rotatable bonds is 11. The maximum Gasteiger partial charge on any atom is 0.404 e. The predicted molar refractivity (Wildman–Crippen MR) is 82.9 cm³/mol. The van der Waals surface area contributed by atoms with Gasteiger partial charge in [0.1, 0.15) is 12.5 Å². The van der Waals surface area contributed by atoms with Gasteiger partial charge in [-0.3, -0.25) is 9.59 Å². The van der Waals surface area contributed by atoms with Crippen molar-refractivity contribution in [2.45, 2.75) is 51.5 Å². The molecule has 0 radical (unpaired) electrons. The number of nitrogens with one attached hydrogen (secondary N) is 2. The van der Waals surface area contributed by atoms with Crippen molar-refractivity contribution < 1.29 is 23.9 Å². The van der Waals surface area contributed by atoms with Crippen LogP contribution in [-0.4, -0.2) is 39.8 Å². The quantitative estimate of drug-likeness (QED) is 0.426. The molecule has 0 spiro atoms. The van der Waals surface area contributed by atoms with E-state index in [1.165, 1.54) is 0 Å². The minimum atomic E-state index is -1.07. The lowest BCUT2D eigenvalue weighted by molar-refractivity contribution is -0.122. The molecule has 1 aromatic heterocycles. The van der Waals surface area contributed by atoms with Gasteiger partial charge in [0, 0.05) is 13.0 Å². The third kappa shape index (κ3) is 7.56. The van der Waals surface area contributed by atoms with E-state index < -0.39 is 18.0 Å². The summed E-state index contributed by atoms with van der Waals surface area (Å²) in [6.45, 7) is 2.21. The van der Waals surface area contributed by atoms with Crippen molar-refractivity contribution in [2.24, 2.45) is 5.73 Å².